The monoisotopic (exact) mass is 179 g/mol. The van der Waals surface area contributed by atoms with E-state index in [1.807, 2.05) is 25.1 Å². The highest BCUT2D eigenvalue weighted by atomic mass is 16.5. The van der Waals surface area contributed by atoms with Crippen LogP contribution in [0.2, 0.25) is 0 Å². The average molecular weight is 179 g/mol. The molecule has 0 aliphatic heterocycles. The fourth-order valence-corrected chi connectivity index (χ4v) is 1.16. The number of ether oxygens (including phenoxy) is 1. The third kappa shape index (κ3) is 3.95. The Labute approximate surface area is 79.9 Å². The summed E-state index contributed by atoms with van der Waals surface area (Å²) in [6, 6.07) is 10.2. The van der Waals surface area contributed by atoms with E-state index in [9.17, 15) is 0 Å². The molecule has 0 saturated heterocycles. The standard InChI is InChI=1S/C11H17NO/c1-3-13-10(2)9-12-11-7-5-4-6-8-11/h4-8,10,12H,3,9H2,1-2H3. The molecule has 0 radical (unpaired) electrons. The summed E-state index contributed by atoms with van der Waals surface area (Å²) in [5, 5.41) is 3.30. The van der Waals surface area contributed by atoms with Crippen molar-refractivity contribution >= 4 is 5.69 Å². The van der Waals surface area contributed by atoms with Crippen LogP contribution in [0, 0.1) is 0 Å². The van der Waals surface area contributed by atoms with Crippen molar-refractivity contribution in [1.82, 2.24) is 0 Å². The van der Waals surface area contributed by atoms with Gasteiger partial charge in [-0.05, 0) is 26.0 Å². The summed E-state index contributed by atoms with van der Waals surface area (Å²) >= 11 is 0. The first-order chi connectivity index (χ1) is 6.33. The van der Waals surface area contributed by atoms with Gasteiger partial charge in [-0.15, -0.1) is 0 Å². The lowest BCUT2D eigenvalue weighted by Crippen LogP contribution is -2.19. The lowest BCUT2D eigenvalue weighted by Gasteiger charge is -2.13. The van der Waals surface area contributed by atoms with Crippen molar-refractivity contribution in [1.29, 1.82) is 0 Å². The Kier molecular flexibility index (Phi) is 4.33. The van der Waals surface area contributed by atoms with Gasteiger partial charge in [-0.25, -0.2) is 0 Å². The summed E-state index contributed by atoms with van der Waals surface area (Å²) in [4.78, 5) is 0. The van der Waals surface area contributed by atoms with Crippen molar-refractivity contribution in [3.05, 3.63) is 30.3 Å². The maximum absolute atomic E-state index is 5.40. The Bertz CT molecular complexity index is 223. The molecule has 0 aliphatic rings. The van der Waals surface area contributed by atoms with Crippen molar-refractivity contribution in [2.45, 2.75) is 20.0 Å². The van der Waals surface area contributed by atoms with Crippen LogP contribution in [0.15, 0.2) is 30.3 Å². The molecule has 72 valence electrons. The molecule has 0 bridgehead atoms. The second-order valence-electron chi connectivity index (χ2n) is 3.01. The highest BCUT2D eigenvalue weighted by molar-refractivity contribution is 5.42. The zero-order valence-corrected chi connectivity index (χ0v) is 8.29. The molecule has 0 heterocycles. The summed E-state index contributed by atoms with van der Waals surface area (Å²) in [5.41, 5.74) is 1.15. The number of hydrogen-bond acceptors (Lipinski definition) is 2. The van der Waals surface area contributed by atoms with Crippen LogP contribution >= 0.6 is 0 Å². The van der Waals surface area contributed by atoms with Crippen molar-refractivity contribution < 1.29 is 4.74 Å². The third-order valence-corrected chi connectivity index (χ3v) is 1.82. The van der Waals surface area contributed by atoms with E-state index in [4.69, 9.17) is 4.74 Å². The van der Waals surface area contributed by atoms with Crippen LogP contribution in [0.25, 0.3) is 0 Å². The largest absolute Gasteiger partial charge is 0.382 e. The summed E-state index contributed by atoms with van der Waals surface area (Å²) in [6.45, 7) is 5.72. The maximum Gasteiger partial charge on any atom is 0.0719 e. The van der Waals surface area contributed by atoms with Crippen LogP contribution in [0.3, 0.4) is 0 Å². The molecule has 0 saturated carbocycles. The molecule has 13 heavy (non-hydrogen) atoms. The molecule has 2 nitrogen and oxygen atoms in total. The SMILES string of the molecule is CCOC(C)CNc1ccccc1. The van der Waals surface area contributed by atoms with E-state index in [0.29, 0.717) is 0 Å². The van der Waals surface area contributed by atoms with Crippen molar-refractivity contribution in [2.75, 3.05) is 18.5 Å². The normalized spacial score (nSPS) is 12.5. The van der Waals surface area contributed by atoms with Gasteiger partial charge in [0.2, 0.25) is 0 Å². The molecule has 2 heteroatoms. The Morgan fingerprint density at radius 1 is 1.31 bits per heavy atom. The summed E-state index contributed by atoms with van der Waals surface area (Å²) < 4.78 is 5.40. The summed E-state index contributed by atoms with van der Waals surface area (Å²) in [7, 11) is 0. The van der Waals surface area contributed by atoms with E-state index < -0.39 is 0 Å². The molecular formula is C11H17NO. The smallest absolute Gasteiger partial charge is 0.0719 e. The molecule has 0 amide bonds. The second kappa shape index (κ2) is 5.60. The molecule has 1 atom stereocenters. The first kappa shape index (κ1) is 10.1. The Morgan fingerprint density at radius 2 is 2.00 bits per heavy atom. The van der Waals surface area contributed by atoms with E-state index in [-0.39, 0.29) is 6.10 Å². The Morgan fingerprint density at radius 3 is 2.62 bits per heavy atom. The summed E-state index contributed by atoms with van der Waals surface area (Å²) in [5.74, 6) is 0. The van der Waals surface area contributed by atoms with Crippen LogP contribution in [-0.2, 0) is 4.74 Å². The quantitative estimate of drug-likeness (QED) is 0.750. The van der Waals surface area contributed by atoms with Gasteiger partial charge in [-0.2, -0.15) is 0 Å². The Hall–Kier alpha value is -1.02. The number of para-hydroxylation sites is 1. The lowest BCUT2D eigenvalue weighted by atomic mass is 10.3. The van der Waals surface area contributed by atoms with Crippen LogP contribution in [0.4, 0.5) is 5.69 Å². The van der Waals surface area contributed by atoms with Crippen molar-refractivity contribution in [3.63, 3.8) is 0 Å². The minimum absolute atomic E-state index is 0.269. The highest BCUT2D eigenvalue weighted by Gasteiger charge is 1.98. The molecule has 1 aromatic rings. The molecule has 0 fully saturated rings. The zero-order chi connectivity index (χ0) is 9.52. The van der Waals surface area contributed by atoms with Gasteiger partial charge in [-0.1, -0.05) is 18.2 Å². The van der Waals surface area contributed by atoms with Gasteiger partial charge in [0, 0.05) is 18.8 Å². The number of nitrogens with one attached hydrogen (secondary N) is 1. The average Bonchev–Trinajstić information content (AvgIpc) is 2.17. The van der Waals surface area contributed by atoms with Gasteiger partial charge >= 0.3 is 0 Å². The molecule has 1 aromatic carbocycles. The minimum atomic E-state index is 0.269. The molecule has 1 rings (SSSR count). The summed E-state index contributed by atoms with van der Waals surface area (Å²) in [6.07, 6.45) is 0.269. The first-order valence-electron chi connectivity index (χ1n) is 4.73. The predicted molar refractivity (Wildman–Crippen MR) is 56.0 cm³/mol. The van der Waals surface area contributed by atoms with Crippen molar-refractivity contribution in [2.24, 2.45) is 0 Å². The van der Waals surface area contributed by atoms with Gasteiger partial charge < -0.3 is 10.1 Å². The van der Waals surface area contributed by atoms with Gasteiger partial charge in [-0.3, -0.25) is 0 Å². The molecule has 1 N–H and O–H groups in total. The van der Waals surface area contributed by atoms with Crippen LogP contribution in [0.1, 0.15) is 13.8 Å². The highest BCUT2D eigenvalue weighted by Crippen LogP contribution is 2.05. The fraction of sp³-hybridized carbons (Fsp3) is 0.455. The minimum Gasteiger partial charge on any atom is -0.382 e. The van der Waals surface area contributed by atoms with Gasteiger partial charge in [0.15, 0.2) is 0 Å². The van der Waals surface area contributed by atoms with E-state index in [2.05, 4.69) is 24.4 Å². The van der Waals surface area contributed by atoms with E-state index in [1.54, 1.807) is 0 Å². The number of anilines is 1. The van der Waals surface area contributed by atoms with Gasteiger partial charge in [0.05, 0.1) is 6.10 Å². The van der Waals surface area contributed by atoms with Gasteiger partial charge in [0.25, 0.3) is 0 Å². The first-order valence-corrected chi connectivity index (χ1v) is 4.73. The predicted octanol–water partition coefficient (Wildman–Crippen LogP) is 2.52. The topological polar surface area (TPSA) is 21.3 Å². The second-order valence-corrected chi connectivity index (χ2v) is 3.01. The number of rotatable bonds is 5. The Balaban J connectivity index is 2.27. The maximum atomic E-state index is 5.40. The molecule has 0 aliphatic carbocycles. The van der Waals surface area contributed by atoms with Crippen LogP contribution < -0.4 is 5.32 Å². The van der Waals surface area contributed by atoms with Crippen LogP contribution in [-0.4, -0.2) is 19.3 Å². The molecule has 0 spiro atoms. The fourth-order valence-electron chi connectivity index (χ4n) is 1.16. The van der Waals surface area contributed by atoms with Crippen molar-refractivity contribution in [3.8, 4) is 0 Å². The molecule has 0 aromatic heterocycles. The van der Waals surface area contributed by atoms with Crippen LogP contribution in [0.5, 0.6) is 0 Å². The van der Waals surface area contributed by atoms with E-state index >= 15 is 0 Å². The zero-order valence-electron chi connectivity index (χ0n) is 8.29. The van der Waals surface area contributed by atoms with Gasteiger partial charge in [0.1, 0.15) is 0 Å². The van der Waals surface area contributed by atoms with E-state index in [1.165, 1.54) is 0 Å². The van der Waals surface area contributed by atoms with E-state index in [0.717, 1.165) is 18.8 Å². The molecular weight excluding hydrogens is 162 g/mol. The number of benzene rings is 1. The lowest BCUT2D eigenvalue weighted by molar-refractivity contribution is 0.0855. The number of hydrogen-bond donors (Lipinski definition) is 1. The third-order valence-electron chi connectivity index (χ3n) is 1.82. The molecule has 1 unspecified atom stereocenters.